The number of hydrogen-bond donors (Lipinski definition) is 0. The van der Waals surface area contributed by atoms with Crippen molar-refractivity contribution in [2.24, 2.45) is 0 Å². The zero-order chi connectivity index (χ0) is 12.4. The van der Waals surface area contributed by atoms with E-state index >= 15 is 0 Å². The van der Waals surface area contributed by atoms with E-state index in [1.54, 1.807) is 11.6 Å². The van der Waals surface area contributed by atoms with Crippen molar-refractivity contribution in [3.63, 3.8) is 0 Å². The maximum Gasteiger partial charge on any atom is 0.179 e. The van der Waals surface area contributed by atoms with Crippen molar-refractivity contribution in [1.82, 2.24) is 4.98 Å². The molecule has 2 aromatic rings. The second kappa shape index (κ2) is 5.29. The number of hydrogen-bond acceptors (Lipinski definition) is 3. The molecule has 0 aliphatic rings. The van der Waals surface area contributed by atoms with Crippen molar-refractivity contribution in [3.8, 4) is 0 Å². The molecular formula is C12H9BrClNOS. The molecule has 17 heavy (non-hydrogen) atoms. The fourth-order valence-corrected chi connectivity index (χ4v) is 2.97. The molecule has 1 heterocycles. The van der Waals surface area contributed by atoms with Gasteiger partial charge in [-0.25, -0.2) is 4.98 Å². The normalized spacial score (nSPS) is 10.5. The average molecular weight is 331 g/mol. The zero-order valence-corrected chi connectivity index (χ0v) is 12.2. The molecule has 0 unspecified atom stereocenters. The molecule has 0 fully saturated rings. The molecule has 1 aromatic heterocycles. The van der Waals surface area contributed by atoms with Crippen LogP contribution in [0.1, 0.15) is 20.9 Å². The van der Waals surface area contributed by atoms with Crippen LogP contribution in [-0.2, 0) is 6.42 Å². The highest BCUT2D eigenvalue weighted by atomic mass is 79.9. The number of ketones is 1. The SMILES string of the molecule is Cc1ncsc1C(=O)Cc1ccc(Br)cc1Cl. The summed E-state index contributed by atoms with van der Waals surface area (Å²) in [5.74, 6) is 0.0641. The number of aromatic nitrogens is 1. The minimum absolute atomic E-state index is 0.0641. The first-order valence-corrected chi connectivity index (χ1v) is 7.00. The van der Waals surface area contributed by atoms with Gasteiger partial charge in [0.15, 0.2) is 5.78 Å². The van der Waals surface area contributed by atoms with E-state index < -0.39 is 0 Å². The van der Waals surface area contributed by atoms with Crippen molar-refractivity contribution in [3.05, 3.63) is 49.3 Å². The first-order chi connectivity index (χ1) is 8.08. The number of Topliss-reactive ketones (excluding diaryl/α,β-unsaturated/α-hetero) is 1. The van der Waals surface area contributed by atoms with E-state index in [-0.39, 0.29) is 5.78 Å². The van der Waals surface area contributed by atoms with Crippen LogP contribution in [0.4, 0.5) is 0 Å². The van der Waals surface area contributed by atoms with Crippen molar-refractivity contribution < 1.29 is 4.79 Å². The van der Waals surface area contributed by atoms with Crippen LogP contribution >= 0.6 is 38.9 Å². The van der Waals surface area contributed by atoms with Crippen molar-refractivity contribution in [2.45, 2.75) is 13.3 Å². The molecule has 0 amide bonds. The van der Waals surface area contributed by atoms with Crippen LogP contribution in [0.15, 0.2) is 28.2 Å². The lowest BCUT2D eigenvalue weighted by atomic mass is 10.1. The van der Waals surface area contributed by atoms with Gasteiger partial charge in [0.05, 0.1) is 16.1 Å². The third-order valence-corrected chi connectivity index (χ3v) is 4.18. The molecule has 0 atom stereocenters. The number of benzene rings is 1. The second-order valence-electron chi connectivity index (χ2n) is 3.60. The van der Waals surface area contributed by atoms with Gasteiger partial charge in [0.2, 0.25) is 0 Å². The molecule has 5 heteroatoms. The molecule has 0 aliphatic heterocycles. The molecule has 1 aromatic carbocycles. The fourth-order valence-electron chi connectivity index (χ4n) is 1.49. The van der Waals surface area contributed by atoms with Crippen LogP contribution in [0.3, 0.4) is 0 Å². The molecule has 0 aliphatic carbocycles. The summed E-state index contributed by atoms with van der Waals surface area (Å²) in [6, 6.07) is 5.54. The van der Waals surface area contributed by atoms with Crippen molar-refractivity contribution >= 4 is 44.7 Å². The van der Waals surface area contributed by atoms with Gasteiger partial charge in [0.25, 0.3) is 0 Å². The minimum atomic E-state index is 0.0641. The maximum atomic E-state index is 12.0. The summed E-state index contributed by atoms with van der Waals surface area (Å²) < 4.78 is 0.910. The van der Waals surface area contributed by atoms with E-state index in [1.165, 1.54) is 11.3 Å². The summed E-state index contributed by atoms with van der Waals surface area (Å²) in [7, 11) is 0. The van der Waals surface area contributed by atoms with E-state index in [4.69, 9.17) is 11.6 Å². The Bertz CT molecular complexity index is 567. The lowest BCUT2D eigenvalue weighted by Gasteiger charge is -2.03. The average Bonchev–Trinajstić information content (AvgIpc) is 2.68. The molecule has 2 nitrogen and oxygen atoms in total. The lowest BCUT2D eigenvalue weighted by Crippen LogP contribution is -2.03. The smallest absolute Gasteiger partial charge is 0.179 e. The Morgan fingerprint density at radius 2 is 2.29 bits per heavy atom. The maximum absolute atomic E-state index is 12.0. The molecule has 0 spiro atoms. The number of rotatable bonds is 3. The van der Waals surface area contributed by atoms with Gasteiger partial charge in [0, 0.05) is 15.9 Å². The van der Waals surface area contributed by atoms with Gasteiger partial charge in [-0.05, 0) is 24.6 Å². The second-order valence-corrected chi connectivity index (χ2v) is 5.78. The standard InChI is InChI=1S/C12H9BrClNOS/c1-7-12(17-6-15-7)11(16)4-8-2-3-9(13)5-10(8)14/h2-3,5-6H,4H2,1H3. The first kappa shape index (κ1) is 12.7. The Kier molecular flexibility index (Phi) is 3.97. The zero-order valence-electron chi connectivity index (χ0n) is 9.04. The summed E-state index contributed by atoms with van der Waals surface area (Å²) in [6.07, 6.45) is 0.315. The number of halogens is 2. The molecule has 0 saturated carbocycles. The van der Waals surface area contributed by atoms with Gasteiger partial charge in [-0.15, -0.1) is 11.3 Å². The van der Waals surface area contributed by atoms with E-state index in [0.29, 0.717) is 16.3 Å². The Hall–Kier alpha value is -0.710. The highest BCUT2D eigenvalue weighted by Gasteiger charge is 2.14. The Balaban J connectivity index is 2.22. The Labute approximate surface area is 117 Å². The van der Waals surface area contributed by atoms with Crippen LogP contribution in [0.25, 0.3) is 0 Å². The molecule has 0 bridgehead atoms. The monoisotopic (exact) mass is 329 g/mol. The summed E-state index contributed by atoms with van der Waals surface area (Å²) >= 11 is 10.8. The quantitative estimate of drug-likeness (QED) is 0.786. The van der Waals surface area contributed by atoms with E-state index in [9.17, 15) is 4.79 Å². The number of carbonyl (C=O) groups excluding carboxylic acids is 1. The molecule has 88 valence electrons. The highest BCUT2D eigenvalue weighted by Crippen LogP contribution is 2.24. The predicted molar refractivity (Wildman–Crippen MR) is 74.0 cm³/mol. The van der Waals surface area contributed by atoms with Gasteiger partial charge >= 0.3 is 0 Å². The van der Waals surface area contributed by atoms with Gasteiger partial charge < -0.3 is 0 Å². The van der Waals surface area contributed by atoms with Gasteiger partial charge in [-0.1, -0.05) is 33.6 Å². The van der Waals surface area contributed by atoms with Gasteiger partial charge in [-0.2, -0.15) is 0 Å². The van der Waals surface area contributed by atoms with E-state index in [1.807, 2.05) is 19.1 Å². The third kappa shape index (κ3) is 2.94. The molecule has 0 radical (unpaired) electrons. The third-order valence-electron chi connectivity index (χ3n) is 2.36. The summed E-state index contributed by atoms with van der Waals surface area (Å²) in [4.78, 5) is 16.8. The van der Waals surface area contributed by atoms with Crippen LogP contribution in [-0.4, -0.2) is 10.8 Å². The largest absolute Gasteiger partial charge is 0.293 e. The molecule has 0 N–H and O–H groups in total. The summed E-state index contributed by atoms with van der Waals surface area (Å²) in [5.41, 5.74) is 3.31. The van der Waals surface area contributed by atoms with Gasteiger partial charge in [-0.3, -0.25) is 4.79 Å². The van der Waals surface area contributed by atoms with Crippen molar-refractivity contribution in [2.75, 3.05) is 0 Å². The fraction of sp³-hybridized carbons (Fsp3) is 0.167. The number of aryl methyl sites for hydroxylation is 1. The number of thiazole rings is 1. The Morgan fingerprint density at radius 3 is 2.88 bits per heavy atom. The Morgan fingerprint density at radius 1 is 1.53 bits per heavy atom. The lowest BCUT2D eigenvalue weighted by molar-refractivity contribution is 0.0996. The molecular weight excluding hydrogens is 322 g/mol. The molecule has 2 rings (SSSR count). The number of carbonyl (C=O) groups is 1. The van der Waals surface area contributed by atoms with Crippen LogP contribution < -0.4 is 0 Å². The van der Waals surface area contributed by atoms with E-state index in [2.05, 4.69) is 20.9 Å². The van der Waals surface area contributed by atoms with Crippen LogP contribution in [0.2, 0.25) is 5.02 Å². The predicted octanol–water partition coefficient (Wildman–Crippen LogP) is 4.29. The van der Waals surface area contributed by atoms with Gasteiger partial charge in [0.1, 0.15) is 0 Å². The molecule has 0 saturated heterocycles. The highest BCUT2D eigenvalue weighted by molar-refractivity contribution is 9.10. The van der Waals surface area contributed by atoms with Crippen molar-refractivity contribution in [1.29, 1.82) is 0 Å². The minimum Gasteiger partial charge on any atom is -0.293 e. The van der Waals surface area contributed by atoms with Crippen LogP contribution in [0.5, 0.6) is 0 Å². The summed E-state index contributed by atoms with van der Waals surface area (Å²) in [6.45, 7) is 1.84. The topological polar surface area (TPSA) is 30.0 Å². The van der Waals surface area contributed by atoms with E-state index in [0.717, 1.165) is 15.7 Å². The summed E-state index contributed by atoms with van der Waals surface area (Å²) in [5, 5.41) is 0.606. The van der Waals surface area contributed by atoms with Crippen LogP contribution in [0, 0.1) is 6.92 Å². The number of nitrogens with zero attached hydrogens (tertiary/aromatic N) is 1. The first-order valence-electron chi connectivity index (χ1n) is 4.95.